The van der Waals surface area contributed by atoms with Gasteiger partial charge >= 0.3 is 5.97 Å². The van der Waals surface area contributed by atoms with Gasteiger partial charge in [0.05, 0.1) is 27.7 Å². The molecule has 2 heterocycles. The van der Waals surface area contributed by atoms with Gasteiger partial charge in [-0.25, -0.2) is 14.8 Å². The predicted octanol–water partition coefficient (Wildman–Crippen LogP) is 1.70. The maximum Gasteiger partial charge on any atom is 0.329 e. The number of hydrogen-bond acceptors (Lipinski definition) is 10. The number of thioether (sulfide) groups is 1. The molecule has 0 fully saturated rings. The van der Waals surface area contributed by atoms with Crippen LogP contribution in [0.3, 0.4) is 0 Å². The van der Waals surface area contributed by atoms with Crippen molar-refractivity contribution in [2.45, 2.75) is 11.1 Å². The zero-order valence-corrected chi connectivity index (χ0v) is 16.4. The van der Waals surface area contributed by atoms with Crippen LogP contribution in [0, 0.1) is 0 Å². The highest BCUT2D eigenvalue weighted by atomic mass is 32.2. The van der Waals surface area contributed by atoms with Gasteiger partial charge in [-0.3, -0.25) is 0 Å². The molecule has 4 N–H and O–H groups in total. The number of aromatic amines is 1. The van der Waals surface area contributed by atoms with Crippen LogP contribution in [0.5, 0.6) is 11.5 Å². The molecule has 11 heteroatoms. The van der Waals surface area contributed by atoms with E-state index in [0.29, 0.717) is 39.1 Å². The van der Waals surface area contributed by atoms with Crippen LogP contribution in [0.4, 0.5) is 11.6 Å². The number of anilines is 2. The highest BCUT2D eigenvalue weighted by Crippen LogP contribution is 2.31. The maximum atomic E-state index is 12.3. The molecule has 0 radical (unpaired) electrons. The highest BCUT2D eigenvalue weighted by Gasteiger charge is 2.21. The van der Waals surface area contributed by atoms with E-state index in [9.17, 15) is 4.79 Å². The fourth-order valence-electron chi connectivity index (χ4n) is 2.53. The van der Waals surface area contributed by atoms with Crippen molar-refractivity contribution in [1.29, 1.82) is 0 Å². The number of carbonyl (C=O) groups excluding carboxylic acids is 1. The van der Waals surface area contributed by atoms with Crippen LogP contribution < -0.4 is 20.5 Å². The molecule has 0 amide bonds. The van der Waals surface area contributed by atoms with Gasteiger partial charge in [0, 0.05) is 17.5 Å². The predicted molar refractivity (Wildman–Crippen MR) is 106 cm³/mol. The minimum atomic E-state index is -0.637. The summed E-state index contributed by atoms with van der Waals surface area (Å²) in [5.74, 6) is 1.18. The number of imidazole rings is 1. The summed E-state index contributed by atoms with van der Waals surface area (Å²) >= 11 is 1.34. The zero-order valence-electron chi connectivity index (χ0n) is 15.6. The topological polar surface area (TPSA) is 137 Å². The zero-order chi connectivity index (χ0) is 20.1. The molecule has 0 saturated carbocycles. The second-order valence-corrected chi connectivity index (χ2v) is 6.60. The molecule has 1 atom stereocenters. The van der Waals surface area contributed by atoms with Crippen LogP contribution in [0.1, 0.15) is 0 Å². The molecule has 0 aliphatic heterocycles. The molecule has 0 spiro atoms. The number of ether oxygens (including phenoxy) is 3. The Morgan fingerprint density at radius 3 is 2.75 bits per heavy atom. The van der Waals surface area contributed by atoms with Crippen molar-refractivity contribution in [2.24, 2.45) is 0 Å². The molecule has 148 valence electrons. The quantitative estimate of drug-likeness (QED) is 0.289. The Morgan fingerprint density at radius 1 is 1.25 bits per heavy atom. The van der Waals surface area contributed by atoms with Crippen LogP contribution >= 0.6 is 11.8 Å². The number of carbonyl (C=O) groups is 1. The van der Waals surface area contributed by atoms with Crippen LogP contribution in [-0.2, 0) is 9.53 Å². The third-order valence-electron chi connectivity index (χ3n) is 3.87. The van der Waals surface area contributed by atoms with Gasteiger partial charge in [0.1, 0.15) is 16.6 Å². The van der Waals surface area contributed by atoms with Crippen molar-refractivity contribution in [3.8, 4) is 11.5 Å². The molecule has 0 aliphatic rings. The van der Waals surface area contributed by atoms with E-state index in [-0.39, 0.29) is 5.95 Å². The Morgan fingerprint density at radius 2 is 2.04 bits per heavy atom. The number of esters is 1. The Labute approximate surface area is 165 Å². The number of H-pyrrole nitrogens is 1. The molecule has 2 aromatic heterocycles. The highest BCUT2D eigenvalue weighted by molar-refractivity contribution is 7.99. The summed E-state index contributed by atoms with van der Waals surface area (Å²) in [5, 5.41) is 3.75. The molecule has 28 heavy (non-hydrogen) atoms. The van der Waals surface area contributed by atoms with Gasteiger partial charge in [-0.05, 0) is 12.1 Å². The number of nitrogens with two attached hydrogens (primary N) is 1. The summed E-state index contributed by atoms with van der Waals surface area (Å²) in [6, 6.07) is 4.65. The van der Waals surface area contributed by atoms with E-state index < -0.39 is 12.0 Å². The van der Waals surface area contributed by atoms with Crippen molar-refractivity contribution >= 4 is 40.5 Å². The van der Waals surface area contributed by atoms with E-state index in [2.05, 4.69) is 25.3 Å². The normalized spacial score (nSPS) is 11.8. The summed E-state index contributed by atoms with van der Waals surface area (Å²) in [4.78, 5) is 27.6. The number of methoxy groups -OCH3 is 3. The minimum Gasteiger partial charge on any atom is -0.493 e. The molecular formula is C17H20N6O4S. The third kappa shape index (κ3) is 4.19. The van der Waals surface area contributed by atoms with Gasteiger partial charge in [-0.1, -0.05) is 0 Å². The van der Waals surface area contributed by atoms with Crippen molar-refractivity contribution in [1.82, 2.24) is 19.9 Å². The van der Waals surface area contributed by atoms with Crippen LogP contribution in [0.25, 0.3) is 11.2 Å². The lowest BCUT2D eigenvalue weighted by atomic mass is 10.2. The van der Waals surface area contributed by atoms with E-state index >= 15 is 0 Å². The van der Waals surface area contributed by atoms with E-state index in [1.165, 1.54) is 25.2 Å². The molecule has 0 saturated heterocycles. The van der Waals surface area contributed by atoms with Crippen molar-refractivity contribution in [3.05, 3.63) is 24.5 Å². The van der Waals surface area contributed by atoms with Crippen molar-refractivity contribution < 1.29 is 19.0 Å². The molecule has 0 aliphatic carbocycles. The lowest BCUT2D eigenvalue weighted by molar-refractivity contribution is -0.140. The number of aromatic nitrogens is 4. The Balaban J connectivity index is 1.79. The van der Waals surface area contributed by atoms with E-state index in [1.54, 1.807) is 32.4 Å². The summed E-state index contributed by atoms with van der Waals surface area (Å²) < 4.78 is 15.5. The number of nitrogens with one attached hydrogen (secondary N) is 2. The van der Waals surface area contributed by atoms with Gasteiger partial charge in [-0.15, -0.1) is 11.8 Å². The lowest BCUT2D eigenvalue weighted by Gasteiger charge is -2.18. The number of nitrogen functional groups attached to an aromatic ring is 1. The van der Waals surface area contributed by atoms with Crippen LogP contribution in [0.2, 0.25) is 0 Å². The second-order valence-electron chi connectivity index (χ2n) is 5.59. The standard InChI is InChI=1S/C17H20N6O4S/c1-25-11-5-4-9(6-12(11)26-2)21-10(16(24)27-3)7-28-15-13-14(20-8-19-13)22-17(18)23-15/h4-6,8,10,21H,7H2,1-3H3,(H3,18,19,20,22,23)/t10-/m1/s1. The van der Waals surface area contributed by atoms with Crippen LogP contribution in [-0.4, -0.2) is 59.0 Å². The first-order valence-corrected chi connectivity index (χ1v) is 9.20. The summed E-state index contributed by atoms with van der Waals surface area (Å²) in [6.45, 7) is 0. The van der Waals surface area contributed by atoms with Crippen molar-refractivity contribution in [2.75, 3.05) is 38.1 Å². The van der Waals surface area contributed by atoms with Gasteiger partial charge in [0.25, 0.3) is 0 Å². The SMILES string of the molecule is COC(=O)[C@@H](CSc1nc(N)nc2nc[nH]c12)Nc1ccc(OC)c(OC)c1. The van der Waals surface area contributed by atoms with E-state index in [1.807, 2.05) is 0 Å². The number of nitrogens with zero attached hydrogens (tertiary/aromatic N) is 3. The second kappa shape index (κ2) is 8.65. The van der Waals surface area contributed by atoms with Gasteiger partial charge in [0.15, 0.2) is 17.1 Å². The minimum absolute atomic E-state index is 0.115. The monoisotopic (exact) mass is 404 g/mol. The van der Waals surface area contributed by atoms with E-state index in [0.717, 1.165) is 0 Å². The van der Waals surface area contributed by atoms with Crippen molar-refractivity contribution in [3.63, 3.8) is 0 Å². The molecule has 3 aromatic rings. The Hall–Kier alpha value is -3.21. The first kappa shape index (κ1) is 19.5. The Kier molecular flexibility index (Phi) is 6.04. The molecule has 10 nitrogen and oxygen atoms in total. The smallest absolute Gasteiger partial charge is 0.329 e. The molecule has 1 aromatic carbocycles. The molecule has 0 bridgehead atoms. The maximum absolute atomic E-state index is 12.3. The third-order valence-corrected chi connectivity index (χ3v) is 4.94. The van der Waals surface area contributed by atoms with Gasteiger partial charge in [-0.2, -0.15) is 4.98 Å². The largest absolute Gasteiger partial charge is 0.493 e. The number of fused-ring (bicyclic) bond motifs is 1. The molecule has 0 unspecified atom stereocenters. The number of hydrogen-bond donors (Lipinski definition) is 3. The average molecular weight is 404 g/mol. The van der Waals surface area contributed by atoms with E-state index in [4.69, 9.17) is 19.9 Å². The number of rotatable bonds is 8. The Bertz CT molecular complexity index is 979. The molecule has 3 rings (SSSR count). The summed E-state index contributed by atoms with van der Waals surface area (Å²) in [6.07, 6.45) is 1.52. The fraction of sp³-hybridized carbons (Fsp3) is 0.294. The molecular weight excluding hydrogens is 384 g/mol. The van der Waals surface area contributed by atoms with Crippen LogP contribution in [0.15, 0.2) is 29.6 Å². The van der Waals surface area contributed by atoms with Gasteiger partial charge < -0.3 is 30.2 Å². The lowest BCUT2D eigenvalue weighted by Crippen LogP contribution is -2.33. The fourth-order valence-corrected chi connectivity index (χ4v) is 3.52. The first-order chi connectivity index (χ1) is 13.5. The summed E-state index contributed by atoms with van der Waals surface area (Å²) in [7, 11) is 4.44. The summed E-state index contributed by atoms with van der Waals surface area (Å²) in [5.41, 5.74) is 7.55. The first-order valence-electron chi connectivity index (χ1n) is 8.21. The van der Waals surface area contributed by atoms with Gasteiger partial charge in [0.2, 0.25) is 5.95 Å². The number of benzene rings is 1. The average Bonchev–Trinajstić information content (AvgIpc) is 3.18.